The van der Waals surface area contributed by atoms with Gasteiger partial charge in [-0.05, 0) is 49.7 Å². The van der Waals surface area contributed by atoms with Gasteiger partial charge in [0.05, 0.1) is 6.10 Å². The SMILES string of the molecule is OC1CCCCC1N1CCC(NC2CCc3ccccc32)CC1. The number of aryl methyl sites for hydroxylation is 1. The van der Waals surface area contributed by atoms with Crippen molar-refractivity contribution in [2.75, 3.05) is 13.1 Å². The Bertz CT molecular complexity index is 524. The van der Waals surface area contributed by atoms with Gasteiger partial charge in [0.2, 0.25) is 0 Å². The van der Waals surface area contributed by atoms with Crippen LogP contribution in [0, 0.1) is 0 Å². The van der Waals surface area contributed by atoms with E-state index in [4.69, 9.17) is 0 Å². The van der Waals surface area contributed by atoms with Gasteiger partial charge in [0, 0.05) is 31.2 Å². The molecule has 0 bridgehead atoms. The Morgan fingerprint density at radius 3 is 2.57 bits per heavy atom. The Labute approximate surface area is 140 Å². The number of benzene rings is 1. The molecule has 1 aromatic carbocycles. The highest BCUT2D eigenvalue weighted by molar-refractivity contribution is 5.34. The minimum absolute atomic E-state index is 0.0880. The third-order valence-electron chi connectivity index (χ3n) is 6.26. The summed E-state index contributed by atoms with van der Waals surface area (Å²) in [4.78, 5) is 2.56. The molecule has 1 heterocycles. The predicted molar refractivity (Wildman–Crippen MR) is 93.5 cm³/mol. The average molecular weight is 314 g/mol. The molecule has 3 aliphatic rings. The zero-order chi connectivity index (χ0) is 15.6. The smallest absolute Gasteiger partial charge is 0.0695 e. The van der Waals surface area contributed by atoms with Crippen LogP contribution in [0.2, 0.25) is 0 Å². The summed E-state index contributed by atoms with van der Waals surface area (Å²) in [5, 5.41) is 14.2. The number of aliphatic hydroxyl groups is 1. The average Bonchev–Trinajstić information content (AvgIpc) is 2.99. The van der Waals surface area contributed by atoms with E-state index in [1.165, 1.54) is 56.1 Å². The summed E-state index contributed by atoms with van der Waals surface area (Å²) in [6.45, 7) is 2.29. The highest BCUT2D eigenvalue weighted by atomic mass is 16.3. The molecule has 3 nitrogen and oxygen atoms in total. The maximum atomic E-state index is 10.3. The molecule has 1 aromatic rings. The van der Waals surface area contributed by atoms with E-state index < -0.39 is 0 Å². The summed E-state index contributed by atoms with van der Waals surface area (Å²) in [7, 11) is 0. The number of likely N-dealkylation sites (tertiary alicyclic amines) is 1. The molecule has 4 rings (SSSR count). The van der Waals surface area contributed by atoms with E-state index in [-0.39, 0.29) is 6.10 Å². The quantitative estimate of drug-likeness (QED) is 0.900. The van der Waals surface area contributed by atoms with Crippen molar-refractivity contribution in [2.24, 2.45) is 0 Å². The van der Waals surface area contributed by atoms with E-state index in [2.05, 4.69) is 34.5 Å². The molecule has 1 saturated heterocycles. The third-order valence-corrected chi connectivity index (χ3v) is 6.26. The van der Waals surface area contributed by atoms with Crippen LogP contribution in [-0.4, -0.2) is 41.3 Å². The Kier molecular flexibility index (Phi) is 4.70. The van der Waals surface area contributed by atoms with Gasteiger partial charge in [-0.25, -0.2) is 0 Å². The molecule has 2 N–H and O–H groups in total. The van der Waals surface area contributed by atoms with Crippen molar-refractivity contribution in [3.05, 3.63) is 35.4 Å². The number of rotatable bonds is 3. The zero-order valence-electron chi connectivity index (χ0n) is 14.1. The van der Waals surface area contributed by atoms with E-state index in [1.807, 2.05) is 0 Å². The second-order valence-electron chi connectivity index (χ2n) is 7.69. The normalized spacial score (nSPS) is 32.8. The van der Waals surface area contributed by atoms with Crippen LogP contribution in [-0.2, 0) is 6.42 Å². The molecule has 1 aliphatic heterocycles. The van der Waals surface area contributed by atoms with Crippen LogP contribution in [0.3, 0.4) is 0 Å². The van der Waals surface area contributed by atoms with E-state index in [9.17, 15) is 5.11 Å². The first-order valence-corrected chi connectivity index (χ1v) is 9.57. The Morgan fingerprint density at radius 1 is 0.957 bits per heavy atom. The van der Waals surface area contributed by atoms with Crippen LogP contribution in [0.25, 0.3) is 0 Å². The summed E-state index contributed by atoms with van der Waals surface area (Å²) in [5.74, 6) is 0. The largest absolute Gasteiger partial charge is 0.391 e. The van der Waals surface area contributed by atoms with Crippen molar-refractivity contribution in [2.45, 2.75) is 75.6 Å². The highest BCUT2D eigenvalue weighted by Crippen LogP contribution is 2.32. The number of aliphatic hydroxyl groups excluding tert-OH is 1. The monoisotopic (exact) mass is 314 g/mol. The number of nitrogens with one attached hydrogen (secondary N) is 1. The molecule has 0 spiro atoms. The Morgan fingerprint density at radius 2 is 1.74 bits per heavy atom. The van der Waals surface area contributed by atoms with Crippen LogP contribution < -0.4 is 5.32 Å². The minimum Gasteiger partial charge on any atom is -0.391 e. The molecular formula is C20H30N2O. The first-order chi connectivity index (χ1) is 11.3. The van der Waals surface area contributed by atoms with Crippen molar-refractivity contribution in [1.82, 2.24) is 10.2 Å². The lowest BCUT2D eigenvalue weighted by Gasteiger charge is -2.42. The lowest BCUT2D eigenvalue weighted by molar-refractivity contribution is 0.00660. The summed E-state index contributed by atoms with van der Waals surface area (Å²) in [6, 6.07) is 10.5. The summed E-state index contributed by atoms with van der Waals surface area (Å²) in [5.41, 5.74) is 3.06. The van der Waals surface area contributed by atoms with Crippen LogP contribution in [0.5, 0.6) is 0 Å². The molecule has 0 amide bonds. The van der Waals surface area contributed by atoms with Gasteiger partial charge in [-0.1, -0.05) is 37.1 Å². The third kappa shape index (κ3) is 3.33. The van der Waals surface area contributed by atoms with Crippen molar-refractivity contribution < 1.29 is 5.11 Å². The Hall–Kier alpha value is -0.900. The molecule has 0 radical (unpaired) electrons. The van der Waals surface area contributed by atoms with Gasteiger partial charge >= 0.3 is 0 Å². The van der Waals surface area contributed by atoms with Gasteiger partial charge in [-0.3, -0.25) is 4.90 Å². The number of hydrogen-bond donors (Lipinski definition) is 2. The number of hydrogen-bond acceptors (Lipinski definition) is 3. The van der Waals surface area contributed by atoms with Gasteiger partial charge in [0.15, 0.2) is 0 Å². The number of piperidine rings is 1. The molecule has 3 heteroatoms. The minimum atomic E-state index is -0.0880. The lowest BCUT2D eigenvalue weighted by Crippen LogP contribution is -2.51. The van der Waals surface area contributed by atoms with Crippen molar-refractivity contribution >= 4 is 0 Å². The van der Waals surface area contributed by atoms with Gasteiger partial charge in [0.1, 0.15) is 0 Å². The topological polar surface area (TPSA) is 35.5 Å². The van der Waals surface area contributed by atoms with Gasteiger partial charge < -0.3 is 10.4 Å². The second-order valence-corrected chi connectivity index (χ2v) is 7.69. The standard InChI is InChI=1S/C20H30N2O/c23-20-8-4-3-7-19(20)22-13-11-16(12-14-22)21-18-10-9-15-5-1-2-6-17(15)18/h1-2,5-6,16,18-21,23H,3-4,7-14H2. The van der Waals surface area contributed by atoms with Crippen LogP contribution in [0.4, 0.5) is 0 Å². The molecule has 23 heavy (non-hydrogen) atoms. The summed E-state index contributed by atoms with van der Waals surface area (Å²) < 4.78 is 0. The van der Waals surface area contributed by atoms with Gasteiger partial charge in [0.25, 0.3) is 0 Å². The molecular weight excluding hydrogens is 284 g/mol. The molecule has 0 aromatic heterocycles. The van der Waals surface area contributed by atoms with Crippen LogP contribution >= 0.6 is 0 Å². The number of fused-ring (bicyclic) bond motifs is 1. The fourth-order valence-electron chi connectivity index (χ4n) is 4.93. The van der Waals surface area contributed by atoms with E-state index in [1.54, 1.807) is 0 Å². The molecule has 3 unspecified atom stereocenters. The maximum Gasteiger partial charge on any atom is 0.0695 e. The van der Waals surface area contributed by atoms with Crippen molar-refractivity contribution in [1.29, 1.82) is 0 Å². The Balaban J connectivity index is 1.30. The lowest BCUT2D eigenvalue weighted by atomic mass is 9.89. The number of nitrogens with zero attached hydrogens (tertiary/aromatic N) is 1. The highest BCUT2D eigenvalue weighted by Gasteiger charge is 2.32. The fraction of sp³-hybridized carbons (Fsp3) is 0.700. The predicted octanol–water partition coefficient (Wildman–Crippen LogP) is 3.03. The van der Waals surface area contributed by atoms with Crippen LogP contribution in [0.1, 0.15) is 62.1 Å². The molecule has 2 aliphatic carbocycles. The van der Waals surface area contributed by atoms with Crippen LogP contribution in [0.15, 0.2) is 24.3 Å². The fourth-order valence-corrected chi connectivity index (χ4v) is 4.93. The molecule has 126 valence electrons. The first kappa shape index (κ1) is 15.6. The van der Waals surface area contributed by atoms with Gasteiger partial charge in [-0.2, -0.15) is 0 Å². The summed E-state index contributed by atoms with van der Waals surface area (Å²) in [6.07, 6.45) is 9.52. The zero-order valence-corrected chi connectivity index (χ0v) is 14.1. The summed E-state index contributed by atoms with van der Waals surface area (Å²) >= 11 is 0. The molecule has 1 saturated carbocycles. The van der Waals surface area contributed by atoms with E-state index in [0.717, 1.165) is 19.5 Å². The van der Waals surface area contributed by atoms with E-state index >= 15 is 0 Å². The van der Waals surface area contributed by atoms with Crippen molar-refractivity contribution in [3.63, 3.8) is 0 Å². The van der Waals surface area contributed by atoms with Crippen molar-refractivity contribution in [3.8, 4) is 0 Å². The maximum absolute atomic E-state index is 10.3. The van der Waals surface area contributed by atoms with Gasteiger partial charge in [-0.15, -0.1) is 0 Å². The first-order valence-electron chi connectivity index (χ1n) is 9.57. The second kappa shape index (κ2) is 6.92. The van der Waals surface area contributed by atoms with E-state index in [0.29, 0.717) is 18.1 Å². The molecule has 2 fully saturated rings. The molecule has 3 atom stereocenters.